The maximum Gasteiger partial charge on any atom is 0.170 e. The molecule has 2 N–H and O–H groups in total. The Morgan fingerprint density at radius 1 is 1.00 bits per heavy atom. The summed E-state index contributed by atoms with van der Waals surface area (Å²) in [6.45, 7) is 0. The van der Waals surface area contributed by atoms with Crippen LogP contribution in [0, 0.1) is 17.5 Å². The minimum Gasteiger partial charge on any atom is -0.387 e. The third kappa shape index (κ3) is 3.92. The molecular weight excluding hydrogens is 281 g/mol. The average molecular weight is 292 g/mol. The second-order valence-corrected chi connectivity index (χ2v) is 4.31. The Hall–Kier alpha value is -2.63. The molecule has 0 heterocycles. The van der Waals surface area contributed by atoms with Crippen LogP contribution in [0.4, 0.5) is 18.9 Å². The Kier molecular flexibility index (Phi) is 4.37. The van der Waals surface area contributed by atoms with E-state index < -0.39 is 17.5 Å². The van der Waals surface area contributed by atoms with Crippen molar-refractivity contribution >= 4 is 17.3 Å². The Balaban J connectivity index is 2.13. The van der Waals surface area contributed by atoms with E-state index in [0.29, 0.717) is 6.07 Å². The zero-order valence-corrected chi connectivity index (χ0v) is 10.8. The summed E-state index contributed by atoms with van der Waals surface area (Å²) in [4.78, 5) is 15.6. The van der Waals surface area contributed by atoms with E-state index in [2.05, 4.69) is 4.99 Å². The highest BCUT2D eigenvalue weighted by Gasteiger charge is 2.09. The van der Waals surface area contributed by atoms with Crippen molar-refractivity contribution in [2.75, 3.05) is 0 Å². The predicted molar refractivity (Wildman–Crippen MR) is 73.0 cm³/mol. The van der Waals surface area contributed by atoms with Crippen LogP contribution in [-0.2, 0) is 0 Å². The lowest BCUT2D eigenvalue weighted by molar-refractivity contribution is 0.100. The van der Waals surface area contributed by atoms with Crippen LogP contribution in [0.25, 0.3) is 0 Å². The third-order valence-electron chi connectivity index (χ3n) is 2.68. The molecule has 108 valence electrons. The van der Waals surface area contributed by atoms with Crippen molar-refractivity contribution in [2.24, 2.45) is 10.7 Å². The van der Waals surface area contributed by atoms with Gasteiger partial charge < -0.3 is 5.73 Å². The van der Waals surface area contributed by atoms with Gasteiger partial charge in [-0.1, -0.05) is 0 Å². The van der Waals surface area contributed by atoms with E-state index in [4.69, 9.17) is 5.73 Å². The number of benzene rings is 2. The molecule has 6 heteroatoms. The maximum absolute atomic E-state index is 13.4. The van der Waals surface area contributed by atoms with Gasteiger partial charge in [0, 0.05) is 11.6 Å². The van der Waals surface area contributed by atoms with Gasteiger partial charge in [0.15, 0.2) is 11.6 Å². The van der Waals surface area contributed by atoms with E-state index in [-0.39, 0.29) is 29.3 Å². The number of Topliss-reactive ketones (excluding diaryl/α,β-unsaturated/α-hetero) is 1. The molecule has 0 aliphatic rings. The number of amidine groups is 1. The first kappa shape index (κ1) is 14.8. The zero-order chi connectivity index (χ0) is 15.4. The number of hydrogen-bond donors (Lipinski definition) is 1. The molecule has 0 aliphatic carbocycles. The van der Waals surface area contributed by atoms with E-state index in [0.717, 1.165) is 24.3 Å². The molecule has 0 saturated heterocycles. The van der Waals surface area contributed by atoms with Gasteiger partial charge in [-0.2, -0.15) is 0 Å². The van der Waals surface area contributed by atoms with Gasteiger partial charge in [0.2, 0.25) is 0 Å². The van der Waals surface area contributed by atoms with Crippen LogP contribution >= 0.6 is 0 Å². The molecule has 2 rings (SSSR count). The van der Waals surface area contributed by atoms with Crippen molar-refractivity contribution < 1.29 is 18.0 Å². The number of aliphatic imine (C=N–C) groups is 1. The molecule has 3 nitrogen and oxygen atoms in total. The topological polar surface area (TPSA) is 55.5 Å². The summed E-state index contributed by atoms with van der Waals surface area (Å²) >= 11 is 0. The lowest BCUT2D eigenvalue weighted by Crippen LogP contribution is -2.17. The molecule has 2 aromatic rings. The van der Waals surface area contributed by atoms with Crippen molar-refractivity contribution in [1.29, 1.82) is 0 Å². The summed E-state index contributed by atoms with van der Waals surface area (Å²) in [6.07, 6.45) is -0.248. The number of hydrogen-bond acceptors (Lipinski definition) is 2. The SMILES string of the molecule is NC(CC(=O)c1ccc(F)cc1)=Nc1ccc(F)cc1F. The van der Waals surface area contributed by atoms with Gasteiger partial charge in [0.05, 0.1) is 6.42 Å². The average Bonchev–Trinajstić information content (AvgIpc) is 2.42. The monoisotopic (exact) mass is 292 g/mol. The molecule has 0 unspecified atom stereocenters. The molecule has 21 heavy (non-hydrogen) atoms. The lowest BCUT2D eigenvalue weighted by atomic mass is 10.1. The minimum atomic E-state index is -0.868. The van der Waals surface area contributed by atoms with E-state index >= 15 is 0 Å². The van der Waals surface area contributed by atoms with Gasteiger partial charge >= 0.3 is 0 Å². The van der Waals surface area contributed by atoms with E-state index in [9.17, 15) is 18.0 Å². The van der Waals surface area contributed by atoms with Crippen LogP contribution in [-0.4, -0.2) is 11.6 Å². The van der Waals surface area contributed by atoms with Gasteiger partial charge in [-0.25, -0.2) is 18.2 Å². The number of carbonyl (C=O) groups is 1. The van der Waals surface area contributed by atoms with Gasteiger partial charge in [-0.15, -0.1) is 0 Å². The summed E-state index contributed by atoms with van der Waals surface area (Å²) in [7, 11) is 0. The summed E-state index contributed by atoms with van der Waals surface area (Å²) < 4.78 is 38.9. The number of rotatable bonds is 4. The minimum absolute atomic E-state index is 0.116. The van der Waals surface area contributed by atoms with Crippen LogP contribution < -0.4 is 5.73 Å². The molecule has 0 aliphatic heterocycles. The highest BCUT2D eigenvalue weighted by molar-refractivity contribution is 6.09. The van der Waals surface area contributed by atoms with Crippen LogP contribution in [0.2, 0.25) is 0 Å². The Morgan fingerprint density at radius 3 is 2.24 bits per heavy atom. The number of carbonyl (C=O) groups excluding carboxylic acids is 1. The molecule has 0 atom stereocenters. The lowest BCUT2D eigenvalue weighted by Gasteiger charge is -2.02. The normalized spacial score (nSPS) is 11.5. The Morgan fingerprint density at radius 2 is 1.62 bits per heavy atom. The fourth-order valence-corrected chi connectivity index (χ4v) is 1.67. The zero-order valence-electron chi connectivity index (χ0n) is 10.8. The summed E-state index contributed by atoms with van der Waals surface area (Å²) in [5.41, 5.74) is 5.70. The second-order valence-electron chi connectivity index (χ2n) is 4.31. The highest BCUT2D eigenvalue weighted by atomic mass is 19.1. The molecule has 0 radical (unpaired) electrons. The van der Waals surface area contributed by atoms with Crippen LogP contribution in [0.1, 0.15) is 16.8 Å². The molecule has 2 aromatic carbocycles. The molecule has 0 spiro atoms. The molecule has 0 aromatic heterocycles. The number of nitrogens with zero attached hydrogens (tertiary/aromatic N) is 1. The predicted octanol–water partition coefficient (Wildman–Crippen LogP) is 3.37. The fraction of sp³-hybridized carbons (Fsp3) is 0.0667. The van der Waals surface area contributed by atoms with Crippen LogP contribution in [0.15, 0.2) is 47.5 Å². The van der Waals surface area contributed by atoms with Crippen molar-refractivity contribution in [3.63, 3.8) is 0 Å². The number of nitrogens with two attached hydrogens (primary N) is 1. The van der Waals surface area contributed by atoms with Gasteiger partial charge in [0.25, 0.3) is 0 Å². The number of ketones is 1. The van der Waals surface area contributed by atoms with Gasteiger partial charge in [-0.3, -0.25) is 4.79 Å². The first-order valence-corrected chi connectivity index (χ1v) is 6.02. The van der Waals surface area contributed by atoms with Crippen LogP contribution in [0.5, 0.6) is 0 Å². The molecule has 0 saturated carbocycles. The van der Waals surface area contributed by atoms with Crippen LogP contribution in [0.3, 0.4) is 0 Å². The summed E-state index contributed by atoms with van der Waals surface area (Å²) in [5, 5.41) is 0. The Labute approximate surface area is 118 Å². The van der Waals surface area contributed by atoms with Crippen molar-refractivity contribution in [1.82, 2.24) is 0 Å². The van der Waals surface area contributed by atoms with Crippen molar-refractivity contribution in [3.05, 3.63) is 65.5 Å². The van der Waals surface area contributed by atoms with E-state index in [1.165, 1.54) is 12.1 Å². The maximum atomic E-state index is 13.4. The first-order valence-electron chi connectivity index (χ1n) is 6.02. The van der Waals surface area contributed by atoms with Crippen molar-refractivity contribution in [2.45, 2.75) is 6.42 Å². The molecule has 0 bridgehead atoms. The largest absolute Gasteiger partial charge is 0.387 e. The highest BCUT2D eigenvalue weighted by Crippen LogP contribution is 2.18. The number of halogens is 3. The molecular formula is C15H11F3N2O. The standard InChI is InChI=1S/C15H11F3N2O/c16-10-3-1-9(2-4-10)14(21)8-15(19)20-13-6-5-11(17)7-12(13)18/h1-7H,8H2,(H2,19,20). The summed E-state index contributed by atoms with van der Waals surface area (Å²) in [6, 6.07) is 7.79. The Bertz CT molecular complexity index is 697. The van der Waals surface area contributed by atoms with E-state index in [1.807, 2.05) is 0 Å². The molecule has 0 amide bonds. The second kappa shape index (κ2) is 6.21. The summed E-state index contributed by atoms with van der Waals surface area (Å²) in [5.74, 6) is -2.55. The quantitative estimate of drug-likeness (QED) is 0.533. The molecule has 0 fully saturated rings. The first-order chi connectivity index (χ1) is 9.95. The van der Waals surface area contributed by atoms with Gasteiger partial charge in [-0.05, 0) is 36.4 Å². The smallest absolute Gasteiger partial charge is 0.170 e. The van der Waals surface area contributed by atoms with E-state index in [1.54, 1.807) is 0 Å². The van der Waals surface area contributed by atoms with Gasteiger partial charge in [0.1, 0.15) is 23.2 Å². The third-order valence-corrected chi connectivity index (χ3v) is 2.68. The van der Waals surface area contributed by atoms with Crippen molar-refractivity contribution in [3.8, 4) is 0 Å². The fourth-order valence-electron chi connectivity index (χ4n) is 1.67.